The van der Waals surface area contributed by atoms with Crippen molar-refractivity contribution in [3.05, 3.63) is 62.6 Å². The molecule has 0 fully saturated rings. The molecule has 1 atom stereocenters. The fourth-order valence-corrected chi connectivity index (χ4v) is 5.02. The SMILES string of the molecule is CCCCNC(=O)[C@@H](C)N(Cc1ccc(Cl)cc1Cl)C(=O)CN(c1cc(C(F)(F)F)ccc1Cl)S(C)(=O)=O. The van der Waals surface area contributed by atoms with Gasteiger partial charge in [0.25, 0.3) is 0 Å². The smallest absolute Gasteiger partial charge is 0.354 e. The highest BCUT2D eigenvalue weighted by Crippen LogP contribution is 2.36. The number of benzene rings is 2. The van der Waals surface area contributed by atoms with E-state index in [4.69, 9.17) is 34.8 Å². The van der Waals surface area contributed by atoms with Crippen LogP contribution in [0.5, 0.6) is 0 Å². The minimum atomic E-state index is -4.78. The lowest BCUT2D eigenvalue weighted by Gasteiger charge is -2.32. The summed E-state index contributed by atoms with van der Waals surface area (Å²) in [5.74, 6) is -1.37. The Morgan fingerprint density at radius 3 is 2.26 bits per heavy atom. The summed E-state index contributed by atoms with van der Waals surface area (Å²) in [5, 5.41) is 2.94. The Hall–Kier alpha value is -2.21. The first-order valence-corrected chi connectivity index (χ1v) is 14.4. The average Bonchev–Trinajstić information content (AvgIpc) is 2.80. The number of amides is 2. The number of hydrogen-bond acceptors (Lipinski definition) is 4. The van der Waals surface area contributed by atoms with Crippen molar-refractivity contribution in [2.24, 2.45) is 0 Å². The summed E-state index contributed by atoms with van der Waals surface area (Å²) in [6.45, 7) is 2.62. The summed E-state index contributed by atoms with van der Waals surface area (Å²) < 4.78 is 65.7. The van der Waals surface area contributed by atoms with Crippen LogP contribution in [-0.2, 0) is 32.3 Å². The van der Waals surface area contributed by atoms with Crippen LogP contribution in [0.4, 0.5) is 18.9 Å². The number of alkyl halides is 3. The maximum Gasteiger partial charge on any atom is 0.416 e. The van der Waals surface area contributed by atoms with Gasteiger partial charge in [0.2, 0.25) is 21.8 Å². The number of carbonyl (C=O) groups is 2. The number of sulfonamides is 1. The van der Waals surface area contributed by atoms with Crippen molar-refractivity contribution in [3.8, 4) is 0 Å². The molecule has 2 aromatic rings. The van der Waals surface area contributed by atoms with Crippen LogP contribution in [-0.4, -0.2) is 50.5 Å². The van der Waals surface area contributed by atoms with Gasteiger partial charge in [0.1, 0.15) is 12.6 Å². The first kappa shape index (κ1) is 32.0. The summed E-state index contributed by atoms with van der Waals surface area (Å²) in [6.07, 6.45) is -2.53. The molecule has 0 heterocycles. The van der Waals surface area contributed by atoms with Crippen molar-refractivity contribution in [3.63, 3.8) is 0 Å². The maximum atomic E-state index is 13.5. The Labute approximate surface area is 234 Å². The molecular weight excluding hydrogens is 590 g/mol. The van der Waals surface area contributed by atoms with Gasteiger partial charge in [-0.25, -0.2) is 8.42 Å². The lowest BCUT2D eigenvalue weighted by Crippen LogP contribution is -2.51. The topological polar surface area (TPSA) is 86.8 Å². The largest absolute Gasteiger partial charge is 0.416 e. The standard InChI is InChI=1S/C24H27Cl3F3N3O4S/c1-4-5-10-31-23(35)15(2)32(13-16-6-8-18(25)12-20(16)27)22(34)14-33(38(3,36)37)21-11-17(24(28,29)30)7-9-19(21)26/h6-9,11-12,15H,4-5,10,13-14H2,1-3H3,(H,31,35)/t15-/m1/s1. The molecule has 2 aromatic carbocycles. The van der Waals surface area contributed by atoms with Crippen molar-refractivity contribution in [2.75, 3.05) is 23.7 Å². The molecule has 1 N–H and O–H groups in total. The number of hydrogen-bond donors (Lipinski definition) is 1. The number of carbonyl (C=O) groups excluding carboxylic acids is 2. The van der Waals surface area contributed by atoms with Gasteiger partial charge in [-0.05, 0) is 49.2 Å². The molecule has 0 aromatic heterocycles. The number of halogens is 6. The quantitative estimate of drug-likeness (QED) is 0.325. The lowest BCUT2D eigenvalue weighted by atomic mass is 10.1. The zero-order valence-electron chi connectivity index (χ0n) is 20.8. The fourth-order valence-electron chi connectivity index (χ4n) is 3.43. The van der Waals surface area contributed by atoms with Gasteiger partial charge in [0.05, 0.1) is 22.5 Å². The van der Waals surface area contributed by atoms with Gasteiger partial charge in [-0.1, -0.05) is 54.2 Å². The molecule has 38 heavy (non-hydrogen) atoms. The van der Waals surface area contributed by atoms with Crippen LogP contribution >= 0.6 is 34.8 Å². The maximum absolute atomic E-state index is 13.5. The Balaban J connectivity index is 2.50. The summed E-state index contributed by atoms with van der Waals surface area (Å²) in [6, 6.07) is 5.59. The predicted octanol–water partition coefficient (Wildman–Crippen LogP) is 5.77. The third kappa shape index (κ3) is 8.65. The van der Waals surface area contributed by atoms with Gasteiger partial charge in [-0.3, -0.25) is 13.9 Å². The van der Waals surface area contributed by atoms with E-state index in [1.54, 1.807) is 6.07 Å². The minimum Gasteiger partial charge on any atom is -0.354 e. The van der Waals surface area contributed by atoms with Gasteiger partial charge < -0.3 is 10.2 Å². The first-order valence-electron chi connectivity index (χ1n) is 11.4. The second kappa shape index (κ2) is 13.2. The normalized spacial score (nSPS) is 12.7. The molecule has 210 valence electrons. The van der Waals surface area contributed by atoms with Gasteiger partial charge in [0, 0.05) is 23.1 Å². The van der Waals surface area contributed by atoms with Crippen molar-refractivity contribution in [1.82, 2.24) is 10.2 Å². The van der Waals surface area contributed by atoms with Gasteiger partial charge in [0.15, 0.2) is 0 Å². The number of rotatable bonds is 11. The molecule has 0 unspecified atom stereocenters. The van der Waals surface area contributed by atoms with Crippen molar-refractivity contribution in [2.45, 2.75) is 45.5 Å². The lowest BCUT2D eigenvalue weighted by molar-refractivity contribution is -0.139. The molecule has 2 amide bonds. The Bertz CT molecular complexity index is 1280. The van der Waals surface area contributed by atoms with Gasteiger partial charge >= 0.3 is 6.18 Å². The van der Waals surface area contributed by atoms with Crippen LogP contribution in [0.15, 0.2) is 36.4 Å². The van der Waals surface area contributed by atoms with E-state index in [-0.39, 0.29) is 16.6 Å². The van der Waals surface area contributed by atoms with Crippen molar-refractivity contribution < 1.29 is 31.2 Å². The molecule has 0 radical (unpaired) electrons. The van der Waals surface area contributed by atoms with Gasteiger partial charge in [-0.2, -0.15) is 13.2 Å². The number of anilines is 1. The molecule has 0 aliphatic rings. The molecular formula is C24H27Cl3F3N3O4S. The molecule has 7 nitrogen and oxygen atoms in total. The van der Waals surface area contributed by atoms with Crippen molar-refractivity contribution in [1.29, 1.82) is 0 Å². The average molecular weight is 617 g/mol. The summed E-state index contributed by atoms with van der Waals surface area (Å²) in [7, 11) is -4.29. The van der Waals surface area contributed by atoms with E-state index in [0.29, 0.717) is 40.0 Å². The van der Waals surface area contributed by atoms with E-state index in [2.05, 4.69) is 5.32 Å². The highest BCUT2D eigenvalue weighted by molar-refractivity contribution is 7.92. The van der Waals surface area contributed by atoms with Crippen LogP contribution in [0.3, 0.4) is 0 Å². The second-order valence-corrected chi connectivity index (χ2v) is 11.7. The summed E-state index contributed by atoms with van der Waals surface area (Å²) in [4.78, 5) is 27.4. The minimum absolute atomic E-state index is 0.203. The molecule has 0 saturated heterocycles. The monoisotopic (exact) mass is 615 g/mol. The zero-order chi connectivity index (χ0) is 28.8. The summed E-state index contributed by atoms with van der Waals surface area (Å²) >= 11 is 18.3. The fraction of sp³-hybridized carbons (Fsp3) is 0.417. The predicted molar refractivity (Wildman–Crippen MR) is 143 cm³/mol. The van der Waals surface area contributed by atoms with E-state index in [0.717, 1.165) is 23.6 Å². The third-order valence-electron chi connectivity index (χ3n) is 5.57. The number of nitrogens with zero attached hydrogens (tertiary/aromatic N) is 2. The van der Waals surface area contributed by atoms with Crippen LogP contribution < -0.4 is 9.62 Å². The van der Waals surface area contributed by atoms with Crippen LogP contribution in [0.1, 0.15) is 37.8 Å². The Morgan fingerprint density at radius 1 is 1.05 bits per heavy atom. The van der Waals surface area contributed by atoms with Crippen LogP contribution in [0, 0.1) is 0 Å². The zero-order valence-corrected chi connectivity index (χ0v) is 23.9. The molecule has 0 aliphatic heterocycles. The first-order chi connectivity index (χ1) is 17.6. The van der Waals surface area contributed by atoms with Crippen LogP contribution in [0.2, 0.25) is 15.1 Å². The molecule has 0 bridgehead atoms. The molecule has 0 aliphatic carbocycles. The highest BCUT2D eigenvalue weighted by atomic mass is 35.5. The number of unbranched alkanes of at least 4 members (excludes halogenated alkanes) is 1. The highest BCUT2D eigenvalue weighted by Gasteiger charge is 2.34. The van der Waals surface area contributed by atoms with Gasteiger partial charge in [-0.15, -0.1) is 0 Å². The molecule has 0 saturated carbocycles. The van der Waals surface area contributed by atoms with E-state index in [1.807, 2.05) is 6.92 Å². The Morgan fingerprint density at radius 2 is 1.71 bits per heavy atom. The molecule has 2 rings (SSSR count). The third-order valence-corrected chi connectivity index (χ3v) is 7.61. The van der Waals surface area contributed by atoms with Crippen LogP contribution in [0.25, 0.3) is 0 Å². The van der Waals surface area contributed by atoms with E-state index >= 15 is 0 Å². The van der Waals surface area contributed by atoms with E-state index in [1.165, 1.54) is 19.1 Å². The second-order valence-electron chi connectivity index (χ2n) is 8.51. The molecule has 0 spiro atoms. The van der Waals surface area contributed by atoms with E-state index < -0.39 is 51.9 Å². The van der Waals surface area contributed by atoms with E-state index in [9.17, 15) is 31.2 Å². The molecule has 14 heteroatoms. The number of nitrogens with one attached hydrogen (secondary N) is 1. The Kier molecular flexibility index (Phi) is 11.1. The van der Waals surface area contributed by atoms with Crippen molar-refractivity contribution >= 4 is 62.3 Å². The summed E-state index contributed by atoms with van der Waals surface area (Å²) in [5.41, 5.74) is -1.26.